The van der Waals surface area contributed by atoms with Crippen LogP contribution in [0.15, 0.2) is 66.2 Å². The SMILES string of the molecule is COc1ccc(CN2C(=O)C(=O)/C(=C(/O)c3cc(F)ccc3OC)C2c2ccc(OC)c(OC)c2)cc1. The van der Waals surface area contributed by atoms with Gasteiger partial charge in [0, 0.05) is 6.54 Å². The lowest BCUT2D eigenvalue weighted by Gasteiger charge is -2.26. The molecule has 0 aliphatic carbocycles. The molecule has 192 valence electrons. The number of nitrogens with zero attached hydrogens (tertiary/aromatic N) is 1. The van der Waals surface area contributed by atoms with Crippen LogP contribution < -0.4 is 18.9 Å². The molecule has 4 rings (SSSR count). The van der Waals surface area contributed by atoms with E-state index in [1.54, 1.807) is 49.6 Å². The van der Waals surface area contributed by atoms with Crippen LogP contribution in [0.4, 0.5) is 4.39 Å². The van der Waals surface area contributed by atoms with E-state index in [0.29, 0.717) is 22.8 Å². The smallest absolute Gasteiger partial charge is 0.295 e. The van der Waals surface area contributed by atoms with E-state index in [1.807, 2.05) is 0 Å². The zero-order valence-electron chi connectivity index (χ0n) is 20.8. The molecule has 1 amide bonds. The lowest BCUT2D eigenvalue weighted by molar-refractivity contribution is -0.140. The van der Waals surface area contributed by atoms with E-state index in [-0.39, 0.29) is 23.4 Å². The molecule has 0 bridgehead atoms. The molecule has 3 aromatic rings. The van der Waals surface area contributed by atoms with Crippen molar-refractivity contribution in [1.82, 2.24) is 4.90 Å². The second-order valence-electron chi connectivity index (χ2n) is 8.23. The van der Waals surface area contributed by atoms with Crippen molar-refractivity contribution in [3.05, 3.63) is 88.7 Å². The molecule has 3 aromatic carbocycles. The first kappa shape index (κ1) is 25.6. The van der Waals surface area contributed by atoms with Crippen molar-refractivity contribution >= 4 is 17.4 Å². The number of aliphatic hydroxyl groups is 1. The zero-order chi connectivity index (χ0) is 26.7. The molecule has 9 heteroatoms. The number of Topliss-reactive ketones (excluding diaryl/α,β-unsaturated/α-hetero) is 1. The van der Waals surface area contributed by atoms with Gasteiger partial charge in [0.1, 0.15) is 23.1 Å². The Balaban J connectivity index is 1.91. The number of ketones is 1. The molecule has 8 nitrogen and oxygen atoms in total. The first-order valence-electron chi connectivity index (χ1n) is 11.3. The van der Waals surface area contributed by atoms with Gasteiger partial charge in [0.25, 0.3) is 11.7 Å². The Morgan fingerprint density at radius 1 is 0.838 bits per heavy atom. The molecular weight excluding hydrogens is 481 g/mol. The van der Waals surface area contributed by atoms with Gasteiger partial charge in [0.2, 0.25) is 0 Å². The van der Waals surface area contributed by atoms with E-state index in [1.165, 1.54) is 38.4 Å². The van der Waals surface area contributed by atoms with Gasteiger partial charge in [0.15, 0.2) is 11.5 Å². The van der Waals surface area contributed by atoms with Crippen molar-refractivity contribution in [3.63, 3.8) is 0 Å². The van der Waals surface area contributed by atoms with Crippen molar-refractivity contribution in [1.29, 1.82) is 0 Å². The second-order valence-corrected chi connectivity index (χ2v) is 8.23. The van der Waals surface area contributed by atoms with Crippen molar-refractivity contribution in [3.8, 4) is 23.0 Å². The van der Waals surface area contributed by atoms with Crippen LogP contribution in [0.3, 0.4) is 0 Å². The molecule has 1 fully saturated rings. The van der Waals surface area contributed by atoms with Crippen LogP contribution in [0.2, 0.25) is 0 Å². The highest BCUT2D eigenvalue weighted by molar-refractivity contribution is 6.46. The minimum Gasteiger partial charge on any atom is -0.507 e. The summed E-state index contributed by atoms with van der Waals surface area (Å²) in [4.78, 5) is 28.0. The van der Waals surface area contributed by atoms with Crippen LogP contribution >= 0.6 is 0 Å². The quantitative estimate of drug-likeness (QED) is 0.273. The number of hydrogen-bond acceptors (Lipinski definition) is 7. The van der Waals surface area contributed by atoms with Crippen molar-refractivity contribution < 1.29 is 38.0 Å². The van der Waals surface area contributed by atoms with Gasteiger partial charge in [-0.3, -0.25) is 9.59 Å². The van der Waals surface area contributed by atoms with E-state index >= 15 is 0 Å². The third-order valence-corrected chi connectivity index (χ3v) is 6.19. The Kier molecular flexibility index (Phi) is 7.33. The standard InChI is InChI=1S/C28H26FNO7/c1-34-19-9-5-16(6-10-19)15-30-25(17-7-11-22(36-3)23(13-17)37-4)24(27(32)28(30)33)26(31)20-14-18(29)8-12-21(20)35-2/h5-14,25,31H,15H2,1-4H3/b26-24+. The Morgan fingerprint density at radius 3 is 2.11 bits per heavy atom. The second kappa shape index (κ2) is 10.6. The summed E-state index contributed by atoms with van der Waals surface area (Å²) in [6.07, 6.45) is 0. The van der Waals surface area contributed by atoms with Gasteiger partial charge in [-0.15, -0.1) is 0 Å². The molecule has 1 N–H and O–H groups in total. The fourth-order valence-electron chi connectivity index (χ4n) is 4.35. The molecule has 0 aromatic heterocycles. The molecule has 1 saturated heterocycles. The number of ether oxygens (including phenoxy) is 4. The number of amides is 1. The predicted molar refractivity (Wildman–Crippen MR) is 133 cm³/mol. The van der Waals surface area contributed by atoms with Gasteiger partial charge in [-0.25, -0.2) is 4.39 Å². The molecule has 1 aliphatic heterocycles. The highest BCUT2D eigenvalue weighted by Crippen LogP contribution is 2.43. The number of benzene rings is 3. The number of likely N-dealkylation sites (tertiary alicyclic amines) is 1. The van der Waals surface area contributed by atoms with E-state index in [9.17, 15) is 19.1 Å². The van der Waals surface area contributed by atoms with Crippen LogP contribution in [0.1, 0.15) is 22.7 Å². The third kappa shape index (κ3) is 4.80. The van der Waals surface area contributed by atoms with Crippen LogP contribution in [0.25, 0.3) is 5.76 Å². The summed E-state index contributed by atoms with van der Waals surface area (Å²) in [6, 6.07) is 14.5. The van der Waals surface area contributed by atoms with Gasteiger partial charge in [-0.1, -0.05) is 18.2 Å². The third-order valence-electron chi connectivity index (χ3n) is 6.19. The average molecular weight is 508 g/mol. The molecular formula is C28H26FNO7. The topological polar surface area (TPSA) is 94.5 Å². The summed E-state index contributed by atoms with van der Waals surface area (Å²) < 4.78 is 35.4. The van der Waals surface area contributed by atoms with Crippen molar-refractivity contribution in [2.45, 2.75) is 12.6 Å². The molecule has 1 unspecified atom stereocenters. The molecule has 1 aliphatic rings. The van der Waals surface area contributed by atoms with E-state index in [2.05, 4.69) is 0 Å². The number of rotatable bonds is 8. The van der Waals surface area contributed by atoms with E-state index < -0.39 is 29.3 Å². The Labute approximate surface area is 213 Å². The summed E-state index contributed by atoms with van der Waals surface area (Å²) >= 11 is 0. The maximum Gasteiger partial charge on any atom is 0.295 e. The minimum atomic E-state index is -1.00. The van der Waals surface area contributed by atoms with Crippen molar-refractivity contribution in [2.75, 3.05) is 28.4 Å². The van der Waals surface area contributed by atoms with Gasteiger partial charge in [0.05, 0.1) is 45.6 Å². The van der Waals surface area contributed by atoms with Crippen LogP contribution in [0.5, 0.6) is 23.0 Å². The minimum absolute atomic E-state index is 0.0459. The number of hydrogen-bond donors (Lipinski definition) is 1. The van der Waals surface area contributed by atoms with Gasteiger partial charge in [-0.2, -0.15) is 0 Å². The summed E-state index contributed by atoms with van der Waals surface area (Å²) in [7, 11) is 5.86. The Hall–Kier alpha value is -4.53. The van der Waals surface area contributed by atoms with Crippen LogP contribution in [-0.2, 0) is 16.1 Å². The Bertz CT molecular complexity index is 1370. The molecule has 0 spiro atoms. The maximum atomic E-state index is 14.1. The fourth-order valence-corrected chi connectivity index (χ4v) is 4.35. The van der Waals surface area contributed by atoms with Gasteiger partial charge < -0.3 is 29.0 Å². The largest absolute Gasteiger partial charge is 0.507 e. The first-order valence-corrected chi connectivity index (χ1v) is 11.3. The molecule has 0 saturated carbocycles. The molecule has 0 radical (unpaired) electrons. The monoisotopic (exact) mass is 507 g/mol. The number of halogens is 1. The summed E-state index contributed by atoms with van der Waals surface area (Å²) in [5.74, 6) is -1.30. The Morgan fingerprint density at radius 2 is 1.49 bits per heavy atom. The highest BCUT2D eigenvalue weighted by Gasteiger charge is 2.46. The lowest BCUT2D eigenvalue weighted by Crippen LogP contribution is -2.29. The van der Waals surface area contributed by atoms with Crippen molar-refractivity contribution in [2.24, 2.45) is 0 Å². The van der Waals surface area contributed by atoms with E-state index in [0.717, 1.165) is 11.6 Å². The van der Waals surface area contributed by atoms with Gasteiger partial charge in [-0.05, 0) is 53.6 Å². The summed E-state index contributed by atoms with van der Waals surface area (Å²) in [5, 5.41) is 11.3. The highest BCUT2D eigenvalue weighted by atomic mass is 19.1. The van der Waals surface area contributed by atoms with Gasteiger partial charge >= 0.3 is 0 Å². The van der Waals surface area contributed by atoms with Crippen LogP contribution in [0, 0.1) is 5.82 Å². The van der Waals surface area contributed by atoms with Crippen LogP contribution in [-0.4, -0.2) is 50.1 Å². The summed E-state index contributed by atoms with van der Waals surface area (Å²) in [5.41, 5.74) is 0.976. The molecule has 1 atom stereocenters. The average Bonchev–Trinajstić information content (AvgIpc) is 3.17. The number of aliphatic hydroxyl groups excluding tert-OH is 1. The fraction of sp³-hybridized carbons (Fsp3) is 0.214. The normalized spacial score (nSPS) is 16.6. The maximum absolute atomic E-state index is 14.1. The number of carbonyl (C=O) groups is 2. The first-order chi connectivity index (χ1) is 17.8. The number of carbonyl (C=O) groups excluding carboxylic acids is 2. The molecule has 1 heterocycles. The lowest BCUT2D eigenvalue weighted by atomic mass is 9.94. The predicted octanol–water partition coefficient (Wildman–Crippen LogP) is 4.48. The molecule has 37 heavy (non-hydrogen) atoms. The van der Waals surface area contributed by atoms with E-state index in [4.69, 9.17) is 18.9 Å². The number of methoxy groups -OCH3 is 4. The summed E-state index contributed by atoms with van der Waals surface area (Å²) in [6.45, 7) is 0.0602. The zero-order valence-corrected chi connectivity index (χ0v) is 20.8.